The quantitative estimate of drug-likeness (QED) is 0.881. The average Bonchev–Trinajstić information content (AvgIpc) is 2.48. The Kier molecular flexibility index (Phi) is 4.83. The Morgan fingerprint density at radius 3 is 2.87 bits per heavy atom. The maximum atomic E-state index is 12.0. The molecule has 4 heteroatoms. The van der Waals surface area contributed by atoms with Gasteiger partial charge in [0.1, 0.15) is 5.58 Å². The van der Waals surface area contributed by atoms with Gasteiger partial charge in [-0.1, -0.05) is 12.5 Å². The Bertz CT molecular complexity index is 748. The van der Waals surface area contributed by atoms with Gasteiger partial charge in [0.05, 0.1) is 0 Å². The Hall–Kier alpha value is -1.65. The van der Waals surface area contributed by atoms with Crippen molar-refractivity contribution in [2.75, 3.05) is 13.2 Å². The first kappa shape index (κ1) is 16.2. The van der Waals surface area contributed by atoms with Gasteiger partial charge in [0.25, 0.3) is 0 Å². The Morgan fingerprint density at radius 2 is 2.09 bits per heavy atom. The molecular weight excluding hydrogens is 290 g/mol. The zero-order valence-electron chi connectivity index (χ0n) is 14.0. The summed E-state index contributed by atoms with van der Waals surface area (Å²) in [6, 6.07) is 6.11. The number of fused-ring (bicyclic) bond motifs is 1. The molecule has 1 aromatic heterocycles. The summed E-state index contributed by atoms with van der Waals surface area (Å²) in [5.74, 6) is 0. The van der Waals surface area contributed by atoms with Crippen molar-refractivity contribution in [2.45, 2.75) is 52.1 Å². The number of likely N-dealkylation sites (tertiary alicyclic amines) is 1. The van der Waals surface area contributed by atoms with Crippen LogP contribution in [0.15, 0.2) is 27.4 Å². The molecule has 1 aromatic carbocycles. The molecule has 0 bridgehead atoms. The van der Waals surface area contributed by atoms with Gasteiger partial charge < -0.3 is 9.52 Å². The third kappa shape index (κ3) is 3.48. The number of rotatable bonds is 4. The van der Waals surface area contributed by atoms with Crippen LogP contribution in [0.1, 0.15) is 42.4 Å². The van der Waals surface area contributed by atoms with Gasteiger partial charge in [0.2, 0.25) is 0 Å². The highest BCUT2D eigenvalue weighted by atomic mass is 16.4. The molecular formula is C19H25NO3. The number of aliphatic hydroxyl groups is 1. The van der Waals surface area contributed by atoms with Gasteiger partial charge in [0.15, 0.2) is 0 Å². The second-order valence-electron chi connectivity index (χ2n) is 6.68. The molecule has 1 N–H and O–H groups in total. The van der Waals surface area contributed by atoms with E-state index in [0.29, 0.717) is 11.6 Å². The zero-order chi connectivity index (χ0) is 16.4. The first-order chi connectivity index (χ1) is 11.1. The van der Waals surface area contributed by atoms with E-state index in [9.17, 15) is 9.90 Å². The Balaban J connectivity index is 2.00. The van der Waals surface area contributed by atoms with Crippen LogP contribution < -0.4 is 5.63 Å². The smallest absolute Gasteiger partial charge is 0.336 e. The first-order valence-electron chi connectivity index (χ1n) is 8.47. The SMILES string of the molecule is Cc1cc(C)c2c(CN3CCCC[C@@H]3CCO)cc(=O)oc2c1. The predicted molar refractivity (Wildman–Crippen MR) is 91.7 cm³/mol. The van der Waals surface area contributed by atoms with Gasteiger partial charge in [-0.3, -0.25) is 4.90 Å². The summed E-state index contributed by atoms with van der Waals surface area (Å²) in [4.78, 5) is 14.4. The summed E-state index contributed by atoms with van der Waals surface area (Å²) >= 11 is 0. The lowest BCUT2D eigenvalue weighted by Crippen LogP contribution is -2.39. The molecule has 0 amide bonds. The van der Waals surface area contributed by atoms with Gasteiger partial charge in [-0.15, -0.1) is 0 Å². The fourth-order valence-electron chi connectivity index (χ4n) is 3.86. The summed E-state index contributed by atoms with van der Waals surface area (Å²) in [6.07, 6.45) is 4.33. The van der Waals surface area contributed by atoms with Crippen LogP contribution in [0.4, 0.5) is 0 Å². The molecule has 1 aliphatic heterocycles. The maximum absolute atomic E-state index is 12.0. The fourth-order valence-corrected chi connectivity index (χ4v) is 3.86. The number of nitrogens with zero attached hydrogens (tertiary/aromatic N) is 1. The van der Waals surface area contributed by atoms with Crippen molar-refractivity contribution in [1.82, 2.24) is 4.90 Å². The molecule has 0 unspecified atom stereocenters. The van der Waals surface area contributed by atoms with E-state index < -0.39 is 0 Å². The summed E-state index contributed by atoms with van der Waals surface area (Å²) < 4.78 is 5.41. The predicted octanol–water partition coefficient (Wildman–Crippen LogP) is 3.15. The molecule has 1 atom stereocenters. The van der Waals surface area contributed by atoms with Gasteiger partial charge in [0, 0.05) is 30.6 Å². The monoisotopic (exact) mass is 315 g/mol. The second-order valence-corrected chi connectivity index (χ2v) is 6.68. The van der Waals surface area contributed by atoms with E-state index in [2.05, 4.69) is 17.9 Å². The molecule has 4 nitrogen and oxygen atoms in total. The van der Waals surface area contributed by atoms with E-state index in [0.717, 1.165) is 48.0 Å². The van der Waals surface area contributed by atoms with Crippen LogP contribution in [0, 0.1) is 13.8 Å². The molecule has 0 saturated carbocycles. The lowest BCUT2D eigenvalue weighted by atomic mass is 9.97. The summed E-state index contributed by atoms with van der Waals surface area (Å²) in [6.45, 7) is 6.08. The summed E-state index contributed by atoms with van der Waals surface area (Å²) in [7, 11) is 0. The lowest BCUT2D eigenvalue weighted by Gasteiger charge is -2.35. The fraction of sp³-hybridized carbons (Fsp3) is 0.526. The van der Waals surface area contributed by atoms with Crippen LogP contribution in [0.3, 0.4) is 0 Å². The van der Waals surface area contributed by atoms with Crippen LogP contribution in [0.5, 0.6) is 0 Å². The topological polar surface area (TPSA) is 53.7 Å². The van der Waals surface area contributed by atoms with E-state index in [1.54, 1.807) is 6.07 Å². The number of hydrogen-bond donors (Lipinski definition) is 1. The Labute approximate surface area is 136 Å². The number of aliphatic hydroxyl groups excluding tert-OH is 1. The zero-order valence-corrected chi connectivity index (χ0v) is 14.0. The molecule has 124 valence electrons. The number of piperidine rings is 1. The number of hydrogen-bond acceptors (Lipinski definition) is 4. The van der Waals surface area contributed by atoms with E-state index in [-0.39, 0.29) is 12.2 Å². The molecule has 1 saturated heterocycles. The minimum absolute atomic E-state index is 0.219. The van der Waals surface area contributed by atoms with Crippen LogP contribution >= 0.6 is 0 Å². The van der Waals surface area contributed by atoms with Crippen LogP contribution in [0.2, 0.25) is 0 Å². The minimum atomic E-state index is -0.284. The maximum Gasteiger partial charge on any atom is 0.336 e. The van der Waals surface area contributed by atoms with Gasteiger partial charge in [-0.25, -0.2) is 4.79 Å². The molecule has 0 spiro atoms. The highest BCUT2D eigenvalue weighted by molar-refractivity contribution is 5.84. The van der Waals surface area contributed by atoms with Crippen molar-refractivity contribution in [3.8, 4) is 0 Å². The Morgan fingerprint density at radius 1 is 1.26 bits per heavy atom. The molecule has 3 rings (SSSR count). The molecule has 2 heterocycles. The van der Waals surface area contributed by atoms with E-state index in [4.69, 9.17) is 4.42 Å². The second kappa shape index (κ2) is 6.85. The van der Waals surface area contributed by atoms with Crippen LogP contribution in [0.25, 0.3) is 11.0 Å². The van der Waals surface area contributed by atoms with Crippen molar-refractivity contribution < 1.29 is 9.52 Å². The molecule has 1 aliphatic rings. The van der Waals surface area contributed by atoms with Crippen LogP contribution in [-0.4, -0.2) is 29.2 Å². The average molecular weight is 315 g/mol. The van der Waals surface area contributed by atoms with Gasteiger partial charge in [-0.2, -0.15) is 0 Å². The molecule has 2 aromatic rings. The van der Waals surface area contributed by atoms with Crippen molar-refractivity contribution >= 4 is 11.0 Å². The van der Waals surface area contributed by atoms with Crippen molar-refractivity contribution in [3.63, 3.8) is 0 Å². The van der Waals surface area contributed by atoms with Crippen LogP contribution in [-0.2, 0) is 6.54 Å². The van der Waals surface area contributed by atoms with E-state index in [1.807, 2.05) is 13.0 Å². The van der Waals surface area contributed by atoms with E-state index >= 15 is 0 Å². The van der Waals surface area contributed by atoms with Gasteiger partial charge in [-0.05, 0) is 62.4 Å². The van der Waals surface area contributed by atoms with Gasteiger partial charge >= 0.3 is 5.63 Å². The third-order valence-corrected chi connectivity index (χ3v) is 4.85. The number of benzene rings is 1. The van der Waals surface area contributed by atoms with Crippen molar-refractivity contribution in [1.29, 1.82) is 0 Å². The highest BCUT2D eigenvalue weighted by Gasteiger charge is 2.23. The molecule has 0 aliphatic carbocycles. The largest absolute Gasteiger partial charge is 0.423 e. The normalized spacial score (nSPS) is 19.3. The standard InChI is InChI=1S/C19H25NO3/c1-13-9-14(2)19-15(11-18(22)23-17(19)10-13)12-20-7-4-3-5-16(20)6-8-21/h9-11,16,21H,3-8,12H2,1-2H3/t16-/m1/s1. The highest BCUT2D eigenvalue weighted by Crippen LogP contribution is 2.27. The third-order valence-electron chi connectivity index (χ3n) is 4.85. The minimum Gasteiger partial charge on any atom is -0.423 e. The summed E-state index contributed by atoms with van der Waals surface area (Å²) in [5.41, 5.74) is 3.69. The summed E-state index contributed by atoms with van der Waals surface area (Å²) in [5, 5.41) is 10.4. The first-order valence-corrected chi connectivity index (χ1v) is 8.47. The van der Waals surface area contributed by atoms with Crippen molar-refractivity contribution in [3.05, 3.63) is 45.3 Å². The lowest BCUT2D eigenvalue weighted by molar-refractivity contribution is 0.113. The van der Waals surface area contributed by atoms with Crippen molar-refractivity contribution in [2.24, 2.45) is 0 Å². The molecule has 0 radical (unpaired) electrons. The molecule has 23 heavy (non-hydrogen) atoms. The van der Waals surface area contributed by atoms with E-state index in [1.165, 1.54) is 12.8 Å². The number of aryl methyl sites for hydroxylation is 2. The molecule has 1 fully saturated rings.